The Labute approximate surface area is 166 Å². The van der Waals surface area contributed by atoms with E-state index in [0.717, 1.165) is 51.1 Å². The molecule has 2 aliphatic rings. The molecule has 1 saturated carbocycles. The molecule has 28 heavy (non-hydrogen) atoms. The lowest BCUT2D eigenvalue weighted by molar-refractivity contribution is -0.138. The van der Waals surface area contributed by atoms with Crippen molar-refractivity contribution in [2.45, 2.75) is 32.1 Å². The van der Waals surface area contributed by atoms with Crippen LogP contribution >= 0.6 is 0 Å². The van der Waals surface area contributed by atoms with Crippen molar-refractivity contribution < 1.29 is 14.3 Å². The average molecular weight is 390 g/mol. The van der Waals surface area contributed by atoms with Gasteiger partial charge in [-0.3, -0.25) is 9.59 Å². The summed E-state index contributed by atoms with van der Waals surface area (Å²) >= 11 is 0. The molecular formula is C20H31N5O3. The Morgan fingerprint density at radius 1 is 1.07 bits per heavy atom. The normalized spacial score (nSPS) is 22.8. The van der Waals surface area contributed by atoms with Crippen LogP contribution in [-0.2, 0) is 14.3 Å². The van der Waals surface area contributed by atoms with E-state index in [1.54, 1.807) is 25.6 Å². The van der Waals surface area contributed by atoms with Gasteiger partial charge in [-0.25, -0.2) is 9.97 Å². The van der Waals surface area contributed by atoms with Gasteiger partial charge in [0, 0.05) is 70.7 Å². The van der Waals surface area contributed by atoms with Crippen molar-refractivity contribution >= 4 is 17.8 Å². The molecule has 1 aromatic rings. The van der Waals surface area contributed by atoms with E-state index < -0.39 is 0 Å². The number of amides is 2. The third-order valence-corrected chi connectivity index (χ3v) is 5.70. The van der Waals surface area contributed by atoms with Gasteiger partial charge in [0.25, 0.3) is 0 Å². The summed E-state index contributed by atoms with van der Waals surface area (Å²) in [6.07, 6.45) is 7.51. The minimum absolute atomic E-state index is 0.0404. The zero-order valence-corrected chi connectivity index (χ0v) is 16.7. The Morgan fingerprint density at radius 3 is 2.36 bits per heavy atom. The molecule has 8 nitrogen and oxygen atoms in total. The predicted molar refractivity (Wildman–Crippen MR) is 106 cm³/mol. The molecule has 0 aromatic carbocycles. The molecule has 0 unspecified atom stereocenters. The summed E-state index contributed by atoms with van der Waals surface area (Å²) in [6.45, 7) is 4.24. The van der Waals surface area contributed by atoms with Crippen LogP contribution in [-0.4, -0.2) is 73.1 Å². The first-order chi connectivity index (χ1) is 13.7. The van der Waals surface area contributed by atoms with Gasteiger partial charge in [0.15, 0.2) is 0 Å². The second-order valence-corrected chi connectivity index (χ2v) is 7.55. The molecule has 1 aromatic heterocycles. The van der Waals surface area contributed by atoms with Crippen LogP contribution in [0.2, 0.25) is 0 Å². The monoisotopic (exact) mass is 389 g/mol. The number of nitrogens with zero attached hydrogens (tertiary/aromatic N) is 4. The molecule has 2 fully saturated rings. The second-order valence-electron chi connectivity index (χ2n) is 7.55. The fourth-order valence-corrected chi connectivity index (χ4v) is 4.01. The lowest BCUT2D eigenvalue weighted by Crippen LogP contribution is -2.51. The van der Waals surface area contributed by atoms with Crippen molar-refractivity contribution in [3.8, 4) is 0 Å². The highest BCUT2D eigenvalue weighted by atomic mass is 16.5. The highest BCUT2D eigenvalue weighted by Gasteiger charge is 2.33. The minimum Gasteiger partial charge on any atom is -0.385 e. The van der Waals surface area contributed by atoms with Crippen LogP contribution < -0.4 is 10.2 Å². The number of hydrogen-bond acceptors (Lipinski definition) is 6. The molecule has 154 valence electrons. The number of rotatable bonds is 7. The molecule has 2 amide bonds. The number of methoxy groups -OCH3 is 1. The number of ether oxygens (including phenoxy) is 1. The van der Waals surface area contributed by atoms with Crippen LogP contribution in [0.4, 0.5) is 5.95 Å². The quantitative estimate of drug-likeness (QED) is 0.703. The maximum atomic E-state index is 12.9. The molecule has 2 heterocycles. The summed E-state index contributed by atoms with van der Waals surface area (Å²) in [6, 6.07) is 1.81. The number of carbonyl (C=O) groups is 2. The average Bonchev–Trinajstić information content (AvgIpc) is 2.77. The van der Waals surface area contributed by atoms with Crippen LogP contribution in [0.3, 0.4) is 0 Å². The topological polar surface area (TPSA) is 87.7 Å². The number of anilines is 1. The van der Waals surface area contributed by atoms with Crippen molar-refractivity contribution in [3.63, 3.8) is 0 Å². The summed E-state index contributed by atoms with van der Waals surface area (Å²) in [5.41, 5.74) is 0. The fraction of sp³-hybridized carbons (Fsp3) is 0.700. The lowest BCUT2D eigenvalue weighted by Gasteiger charge is -2.37. The number of piperazine rings is 1. The Morgan fingerprint density at radius 2 is 1.71 bits per heavy atom. The lowest BCUT2D eigenvalue weighted by atomic mass is 9.81. The van der Waals surface area contributed by atoms with Gasteiger partial charge in [0.1, 0.15) is 0 Å². The van der Waals surface area contributed by atoms with E-state index in [4.69, 9.17) is 4.74 Å². The van der Waals surface area contributed by atoms with Crippen molar-refractivity contribution in [2.75, 3.05) is 51.3 Å². The maximum absolute atomic E-state index is 12.9. The van der Waals surface area contributed by atoms with E-state index in [1.807, 2.05) is 4.90 Å². The zero-order valence-electron chi connectivity index (χ0n) is 16.7. The molecule has 1 N–H and O–H groups in total. The van der Waals surface area contributed by atoms with Crippen molar-refractivity contribution in [1.82, 2.24) is 20.2 Å². The van der Waals surface area contributed by atoms with E-state index in [0.29, 0.717) is 26.2 Å². The molecule has 0 bridgehead atoms. The predicted octanol–water partition coefficient (Wildman–Crippen LogP) is 1.08. The molecule has 8 heteroatoms. The van der Waals surface area contributed by atoms with Gasteiger partial charge in [-0.05, 0) is 38.2 Å². The van der Waals surface area contributed by atoms with Gasteiger partial charge in [-0.15, -0.1) is 0 Å². The van der Waals surface area contributed by atoms with Crippen LogP contribution in [0, 0.1) is 11.8 Å². The van der Waals surface area contributed by atoms with Crippen LogP contribution in [0.5, 0.6) is 0 Å². The Bertz CT molecular complexity index is 626. The molecule has 1 aliphatic carbocycles. The number of aromatic nitrogens is 2. The Balaban J connectivity index is 1.39. The number of carbonyl (C=O) groups excluding carboxylic acids is 2. The van der Waals surface area contributed by atoms with E-state index in [9.17, 15) is 9.59 Å². The summed E-state index contributed by atoms with van der Waals surface area (Å²) in [4.78, 5) is 37.8. The number of hydrogen-bond donors (Lipinski definition) is 1. The minimum atomic E-state index is 0.0404. The van der Waals surface area contributed by atoms with Crippen LogP contribution in [0.25, 0.3) is 0 Å². The molecular weight excluding hydrogens is 358 g/mol. The highest BCUT2D eigenvalue weighted by molar-refractivity contribution is 5.81. The number of nitrogens with one attached hydrogen (secondary N) is 1. The highest BCUT2D eigenvalue weighted by Crippen LogP contribution is 2.30. The SMILES string of the molecule is COCCCNC(=O)C1CCC(C(=O)N2CCN(c3ncccn3)CC2)CC1. The first-order valence-corrected chi connectivity index (χ1v) is 10.3. The van der Waals surface area contributed by atoms with E-state index in [-0.39, 0.29) is 23.7 Å². The molecule has 3 rings (SSSR count). The van der Waals surface area contributed by atoms with E-state index >= 15 is 0 Å². The van der Waals surface area contributed by atoms with Crippen molar-refractivity contribution in [2.24, 2.45) is 11.8 Å². The Kier molecular flexibility index (Phi) is 7.59. The summed E-state index contributed by atoms with van der Waals surface area (Å²) in [5, 5.41) is 2.98. The van der Waals surface area contributed by atoms with Gasteiger partial charge in [0.2, 0.25) is 17.8 Å². The van der Waals surface area contributed by atoms with Crippen molar-refractivity contribution in [3.05, 3.63) is 18.5 Å². The van der Waals surface area contributed by atoms with Gasteiger partial charge < -0.3 is 19.9 Å². The molecule has 0 radical (unpaired) electrons. The Hall–Kier alpha value is -2.22. The van der Waals surface area contributed by atoms with Crippen LogP contribution in [0.15, 0.2) is 18.5 Å². The third kappa shape index (κ3) is 5.41. The van der Waals surface area contributed by atoms with Gasteiger partial charge >= 0.3 is 0 Å². The van der Waals surface area contributed by atoms with E-state index in [1.165, 1.54) is 0 Å². The van der Waals surface area contributed by atoms with Crippen molar-refractivity contribution in [1.29, 1.82) is 0 Å². The van der Waals surface area contributed by atoms with Gasteiger partial charge in [0.05, 0.1) is 0 Å². The smallest absolute Gasteiger partial charge is 0.225 e. The summed E-state index contributed by atoms with van der Waals surface area (Å²) in [5.74, 6) is 1.19. The first kappa shape index (κ1) is 20.5. The maximum Gasteiger partial charge on any atom is 0.225 e. The summed E-state index contributed by atoms with van der Waals surface area (Å²) in [7, 11) is 1.66. The fourth-order valence-electron chi connectivity index (χ4n) is 4.01. The molecule has 0 spiro atoms. The standard InChI is InChI=1S/C20H31N5O3/c1-28-15-3-10-21-18(26)16-4-6-17(7-5-16)19(27)24-11-13-25(14-12-24)20-22-8-2-9-23-20/h2,8-9,16-17H,3-7,10-15H2,1H3,(H,21,26). The van der Waals surface area contributed by atoms with Crippen LogP contribution in [0.1, 0.15) is 32.1 Å². The largest absolute Gasteiger partial charge is 0.385 e. The van der Waals surface area contributed by atoms with Gasteiger partial charge in [-0.1, -0.05) is 0 Å². The summed E-state index contributed by atoms with van der Waals surface area (Å²) < 4.78 is 5.00. The third-order valence-electron chi connectivity index (χ3n) is 5.70. The second kappa shape index (κ2) is 10.4. The molecule has 1 aliphatic heterocycles. The molecule has 0 atom stereocenters. The first-order valence-electron chi connectivity index (χ1n) is 10.3. The molecule has 1 saturated heterocycles. The van der Waals surface area contributed by atoms with Gasteiger partial charge in [-0.2, -0.15) is 0 Å². The zero-order chi connectivity index (χ0) is 19.8. The van der Waals surface area contributed by atoms with E-state index in [2.05, 4.69) is 20.2 Å².